The Morgan fingerprint density at radius 2 is 2.36 bits per heavy atom. The van der Waals surface area contributed by atoms with Crippen LogP contribution in [0.15, 0.2) is 24.8 Å². The fourth-order valence-electron chi connectivity index (χ4n) is 1.84. The van der Waals surface area contributed by atoms with Gasteiger partial charge in [0.05, 0.1) is 12.2 Å². The van der Waals surface area contributed by atoms with Crippen molar-refractivity contribution >= 4 is 0 Å². The first-order chi connectivity index (χ1) is 6.86. The second kappa shape index (κ2) is 6.83. The van der Waals surface area contributed by atoms with Crippen molar-refractivity contribution in [3.8, 4) is 0 Å². The lowest BCUT2D eigenvalue weighted by Crippen LogP contribution is -2.23. The molecule has 0 fully saturated rings. The Bertz CT molecular complexity index is 184. The van der Waals surface area contributed by atoms with Gasteiger partial charge in [0.1, 0.15) is 0 Å². The molecule has 0 aromatic rings. The van der Waals surface area contributed by atoms with E-state index in [9.17, 15) is 0 Å². The van der Waals surface area contributed by atoms with Crippen LogP contribution in [-0.2, 0) is 4.74 Å². The van der Waals surface area contributed by atoms with Gasteiger partial charge in [0.25, 0.3) is 0 Å². The highest BCUT2D eigenvalue weighted by atomic mass is 16.5. The van der Waals surface area contributed by atoms with Gasteiger partial charge in [-0.25, -0.2) is 0 Å². The molecule has 0 radical (unpaired) electrons. The third-order valence-corrected chi connectivity index (χ3v) is 2.65. The summed E-state index contributed by atoms with van der Waals surface area (Å²) in [6.45, 7) is 5.98. The molecule has 0 spiro atoms. The zero-order valence-corrected chi connectivity index (χ0v) is 9.24. The molecule has 14 heavy (non-hydrogen) atoms. The van der Waals surface area contributed by atoms with E-state index in [2.05, 4.69) is 25.7 Å². The highest BCUT2D eigenvalue weighted by Crippen LogP contribution is 2.19. The average molecular weight is 194 g/mol. The first kappa shape index (κ1) is 11.5. The summed E-state index contributed by atoms with van der Waals surface area (Å²) in [5.74, 6) is 0. The molecule has 1 aliphatic heterocycles. The van der Waals surface area contributed by atoms with Crippen molar-refractivity contribution in [3.63, 3.8) is 0 Å². The zero-order chi connectivity index (χ0) is 10.2. The lowest BCUT2D eigenvalue weighted by Gasteiger charge is -2.25. The van der Waals surface area contributed by atoms with Crippen molar-refractivity contribution in [1.82, 2.24) is 0 Å². The molecule has 80 valence electrons. The smallest absolute Gasteiger partial charge is 0.0794 e. The number of rotatable bonds is 6. The van der Waals surface area contributed by atoms with E-state index in [1.165, 1.54) is 25.7 Å². The van der Waals surface area contributed by atoms with Gasteiger partial charge in [0, 0.05) is 0 Å². The van der Waals surface area contributed by atoms with Crippen LogP contribution in [-0.4, -0.2) is 12.2 Å². The van der Waals surface area contributed by atoms with E-state index in [-0.39, 0.29) is 6.10 Å². The van der Waals surface area contributed by atoms with Gasteiger partial charge in [-0.2, -0.15) is 0 Å². The monoisotopic (exact) mass is 194 g/mol. The van der Waals surface area contributed by atoms with Crippen LogP contribution in [0.25, 0.3) is 0 Å². The van der Waals surface area contributed by atoms with Gasteiger partial charge in [-0.1, -0.05) is 44.4 Å². The molecule has 1 aliphatic rings. The lowest BCUT2D eigenvalue weighted by molar-refractivity contribution is 0.00219. The molecule has 1 heteroatoms. The number of ether oxygens (including phenoxy) is 1. The van der Waals surface area contributed by atoms with Crippen molar-refractivity contribution in [2.45, 2.75) is 57.7 Å². The van der Waals surface area contributed by atoms with Crippen LogP contribution in [0.5, 0.6) is 0 Å². The summed E-state index contributed by atoms with van der Waals surface area (Å²) in [6.07, 6.45) is 14.3. The normalized spacial score (nSPS) is 26.4. The van der Waals surface area contributed by atoms with Crippen LogP contribution in [0, 0.1) is 0 Å². The van der Waals surface area contributed by atoms with Gasteiger partial charge >= 0.3 is 0 Å². The van der Waals surface area contributed by atoms with Crippen LogP contribution in [0.3, 0.4) is 0 Å². The quantitative estimate of drug-likeness (QED) is 0.461. The minimum atomic E-state index is 0.285. The van der Waals surface area contributed by atoms with Crippen LogP contribution >= 0.6 is 0 Å². The van der Waals surface area contributed by atoms with E-state index in [1.54, 1.807) is 0 Å². The van der Waals surface area contributed by atoms with E-state index in [1.807, 2.05) is 6.08 Å². The summed E-state index contributed by atoms with van der Waals surface area (Å²) in [7, 11) is 0. The highest BCUT2D eigenvalue weighted by Gasteiger charge is 2.16. The van der Waals surface area contributed by atoms with E-state index in [0.717, 1.165) is 12.8 Å². The van der Waals surface area contributed by atoms with Crippen molar-refractivity contribution < 1.29 is 4.74 Å². The Morgan fingerprint density at radius 3 is 3.07 bits per heavy atom. The van der Waals surface area contributed by atoms with E-state index in [0.29, 0.717) is 6.10 Å². The van der Waals surface area contributed by atoms with Crippen LogP contribution < -0.4 is 0 Å². The number of hydrogen-bond acceptors (Lipinski definition) is 1. The van der Waals surface area contributed by atoms with Crippen molar-refractivity contribution in [2.24, 2.45) is 0 Å². The van der Waals surface area contributed by atoms with Gasteiger partial charge in [0.15, 0.2) is 0 Å². The Hall–Kier alpha value is -0.560. The maximum atomic E-state index is 5.92. The summed E-state index contributed by atoms with van der Waals surface area (Å²) >= 11 is 0. The van der Waals surface area contributed by atoms with Crippen LogP contribution in [0.4, 0.5) is 0 Å². The average Bonchev–Trinajstić information content (AvgIpc) is 2.19. The third-order valence-electron chi connectivity index (χ3n) is 2.65. The molecule has 1 heterocycles. The number of unbranched alkanes of at least 4 members (excludes halogenated alkanes) is 2. The summed E-state index contributed by atoms with van der Waals surface area (Å²) in [6, 6.07) is 0. The summed E-state index contributed by atoms with van der Waals surface area (Å²) in [5, 5.41) is 0. The van der Waals surface area contributed by atoms with E-state index in [4.69, 9.17) is 4.74 Å². The van der Waals surface area contributed by atoms with Gasteiger partial charge in [0.2, 0.25) is 0 Å². The molecule has 0 amide bonds. The summed E-state index contributed by atoms with van der Waals surface area (Å²) in [4.78, 5) is 0. The lowest BCUT2D eigenvalue weighted by atomic mass is 10.0. The summed E-state index contributed by atoms with van der Waals surface area (Å²) < 4.78 is 5.92. The Morgan fingerprint density at radius 1 is 1.50 bits per heavy atom. The highest BCUT2D eigenvalue weighted by molar-refractivity contribution is 4.98. The Kier molecular flexibility index (Phi) is 5.62. The first-order valence-electron chi connectivity index (χ1n) is 5.79. The van der Waals surface area contributed by atoms with Gasteiger partial charge in [-0.05, 0) is 19.3 Å². The third kappa shape index (κ3) is 4.10. The molecule has 0 aromatic carbocycles. The standard InChI is InChI=1S/C13H22O/c1-3-5-6-9-13-11-7-10-12(14-13)8-4-2/h4,7,10,12-13H,2-3,5-6,8-9,11H2,1H3/t12-,13-/m1/s1. The van der Waals surface area contributed by atoms with Gasteiger partial charge in [-0.15, -0.1) is 6.58 Å². The summed E-state index contributed by atoms with van der Waals surface area (Å²) in [5.41, 5.74) is 0. The van der Waals surface area contributed by atoms with Crippen molar-refractivity contribution in [2.75, 3.05) is 0 Å². The Labute approximate surface area is 87.8 Å². The van der Waals surface area contributed by atoms with Gasteiger partial charge < -0.3 is 4.74 Å². The molecule has 1 rings (SSSR count). The van der Waals surface area contributed by atoms with Crippen LogP contribution in [0.2, 0.25) is 0 Å². The molecule has 0 bridgehead atoms. The maximum absolute atomic E-state index is 5.92. The molecular weight excluding hydrogens is 172 g/mol. The molecular formula is C13H22O. The Balaban J connectivity index is 2.21. The molecule has 0 saturated heterocycles. The fraction of sp³-hybridized carbons (Fsp3) is 0.692. The zero-order valence-electron chi connectivity index (χ0n) is 9.24. The molecule has 1 nitrogen and oxygen atoms in total. The molecule has 2 atom stereocenters. The first-order valence-corrected chi connectivity index (χ1v) is 5.79. The molecule has 0 N–H and O–H groups in total. The van der Waals surface area contributed by atoms with Crippen molar-refractivity contribution in [3.05, 3.63) is 24.8 Å². The topological polar surface area (TPSA) is 9.23 Å². The largest absolute Gasteiger partial charge is 0.370 e. The molecule has 0 unspecified atom stereocenters. The molecule has 0 aromatic heterocycles. The maximum Gasteiger partial charge on any atom is 0.0794 e. The minimum Gasteiger partial charge on any atom is -0.370 e. The van der Waals surface area contributed by atoms with E-state index >= 15 is 0 Å². The SMILES string of the molecule is C=CC[C@@H]1C=CC[C@@H](CCCCC)O1. The molecule has 0 saturated carbocycles. The predicted octanol–water partition coefficient (Wildman–Crippen LogP) is 3.86. The van der Waals surface area contributed by atoms with E-state index < -0.39 is 0 Å². The predicted molar refractivity (Wildman–Crippen MR) is 61.4 cm³/mol. The van der Waals surface area contributed by atoms with Crippen LogP contribution in [0.1, 0.15) is 45.4 Å². The van der Waals surface area contributed by atoms with Crippen molar-refractivity contribution in [1.29, 1.82) is 0 Å². The number of hydrogen-bond donors (Lipinski definition) is 0. The van der Waals surface area contributed by atoms with Gasteiger partial charge in [-0.3, -0.25) is 0 Å². The second-order valence-corrected chi connectivity index (χ2v) is 3.98. The molecule has 0 aliphatic carbocycles. The fourth-order valence-corrected chi connectivity index (χ4v) is 1.84. The minimum absolute atomic E-state index is 0.285. The second-order valence-electron chi connectivity index (χ2n) is 3.98.